The van der Waals surface area contributed by atoms with Crippen molar-refractivity contribution in [1.29, 1.82) is 0 Å². The Morgan fingerprint density at radius 1 is 0.964 bits per heavy atom. The molecule has 0 unspecified atom stereocenters. The summed E-state index contributed by atoms with van der Waals surface area (Å²) in [5, 5.41) is 0. The van der Waals surface area contributed by atoms with Crippen molar-refractivity contribution in [2.45, 2.75) is 62.1 Å². The molecule has 0 amide bonds. The summed E-state index contributed by atoms with van der Waals surface area (Å²) in [7, 11) is 1.88. The van der Waals surface area contributed by atoms with Crippen LogP contribution in [0.3, 0.4) is 0 Å². The van der Waals surface area contributed by atoms with Gasteiger partial charge in [-0.25, -0.2) is 8.42 Å². The maximum atomic E-state index is 12.8. The molecule has 1 aromatic carbocycles. The molecule has 0 atom stereocenters. The zero-order chi connectivity index (χ0) is 20.9. The van der Waals surface area contributed by atoms with Crippen molar-refractivity contribution in [3.8, 4) is 0 Å². The summed E-state index contributed by atoms with van der Waals surface area (Å²) in [6.07, 6.45) is 2.67. The van der Waals surface area contributed by atoms with Crippen LogP contribution in [0.25, 0.3) is 0 Å². The largest absolute Gasteiger partial charge is 0.416 e. The number of rotatable bonds is 8. The fraction of sp³-hybridized carbons (Fsp3) is 0.700. The van der Waals surface area contributed by atoms with Crippen LogP contribution in [0.5, 0.6) is 0 Å². The third-order valence-corrected chi connectivity index (χ3v) is 7.58. The lowest BCUT2D eigenvalue weighted by molar-refractivity contribution is -0.137. The average molecular weight is 421 g/mol. The van der Waals surface area contributed by atoms with Crippen molar-refractivity contribution >= 4 is 10.0 Å². The second kappa shape index (κ2) is 9.59. The summed E-state index contributed by atoms with van der Waals surface area (Å²) in [6, 6.07) is 3.65. The predicted octanol–water partition coefficient (Wildman–Crippen LogP) is 4.62. The number of halogens is 3. The Kier molecular flexibility index (Phi) is 7.93. The van der Waals surface area contributed by atoms with Gasteiger partial charge in [0.05, 0.1) is 10.5 Å². The van der Waals surface area contributed by atoms with Gasteiger partial charge >= 0.3 is 6.18 Å². The van der Waals surface area contributed by atoms with Crippen molar-refractivity contribution in [1.82, 2.24) is 9.21 Å². The van der Waals surface area contributed by atoms with E-state index in [1.54, 1.807) is 0 Å². The Labute approximate surface area is 166 Å². The van der Waals surface area contributed by atoms with Gasteiger partial charge in [0.15, 0.2) is 0 Å². The van der Waals surface area contributed by atoms with Crippen molar-refractivity contribution in [3.63, 3.8) is 0 Å². The van der Waals surface area contributed by atoms with Gasteiger partial charge in [0.25, 0.3) is 0 Å². The van der Waals surface area contributed by atoms with E-state index in [1.165, 1.54) is 30.6 Å². The van der Waals surface area contributed by atoms with E-state index in [0.29, 0.717) is 5.92 Å². The Bertz CT molecular complexity index is 710. The summed E-state index contributed by atoms with van der Waals surface area (Å²) >= 11 is 0. The quantitative estimate of drug-likeness (QED) is 0.577. The van der Waals surface area contributed by atoms with E-state index in [-0.39, 0.29) is 10.9 Å². The fourth-order valence-corrected chi connectivity index (χ4v) is 5.25. The number of sulfonamides is 1. The van der Waals surface area contributed by atoms with Crippen LogP contribution < -0.4 is 0 Å². The molecule has 0 spiro atoms. The smallest absolute Gasteiger partial charge is 0.309 e. The highest BCUT2D eigenvalue weighted by atomic mass is 32.2. The summed E-state index contributed by atoms with van der Waals surface area (Å²) in [5.74, 6) is 0.639. The number of unbranched alkanes of at least 4 members (excludes halogenated alkanes) is 1. The summed E-state index contributed by atoms with van der Waals surface area (Å²) < 4.78 is 65.0. The number of nitrogens with zero attached hydrogens (tertiary/aromatic N) is 2. The lowest BCUT2D eigenvalue weighted by atomic mass is 9.83. The number of alkyl halides is 3. The molecule has 1 aromatic rings. The van der Waals surface area contributed by atoms with Gasteiger partial charge in [-0.15, -0.1) is 0 Å². The molecule has 1 aliphatic carbocycles. The molecule has 1 saturated carbocycles. The predicted molar refractivity (Wildman–Crippen MR) is 105 cm³/mol. The third-order valence-electron chi connectivity index (χ3n) is 5.66. The van der Waals surface area contributed by atoms with E-state index in [9.17, 15) is 21.6 Å². The van der Waals surface area contributed by atoms with Crippen molar-refractivity contribution in [2.24, 2.45) is 5.92 Å². The number of hydrogen-bond donors (Lipinski definition) is 0. The van der Waals surface area contributed by atoms with E-state index in [2.05, 4.69) is 19.0 Å². The van der Waals surface area contributed by atoms with Gasteiger partial charge < -0.3 is 4.90 Å². The van der Waals surface area contributed by atoms with Gasteiger partial charge in [-0.1, -0.05) is 12.8 Å². The maximum absolute atomic E-state index is 12.8. The van der Waals surface area contributed by atoms with Gasteiger partial charge in [0.1, 0.15) is 0 Å². The molecule has 0 saturated heterocycles. The van der Waals surface area contributed by atoms with E-state index < -0.39 is 21.8 Å². The van der Waals surface area contributed by atoms with Crippen molar-refractivity contribution < 1.29 is 21.6 Å². The van der Waals surface area contributed by atoms with Gasteiger partial charge in [-0.3, -0.25) is 0 Å². The number of hydrogen-bond acceptors (Lipinski definition) is 3. The van der Waals surface area contributed by atoms with Crippen molar-refractivity contribution in [2.75, 3.05) is 27.7 Å². The molecule has 8 heteroatoms. The molecular weight excluding hydrogens is 389 g/mol. The Balaban J connectivity index is 1.90. The lowest BCUT2D eigenvalue weighted by Gasteiger charge is -2.34. The first kappa shape index (κ1) is 23.2. The molecule has 2 rings (SSSR count). The number of benzene rings is 1. The van der Waals surface area contributed by atoms with Gasteiger partial charge in [-0.2, -0.15) is 17.5 Å². The molecule has 0 bridgehead atoms. The lowest BCUT2D eigenvalue weighted by Crippen LogP contribution is -2.39. The Morgan fingerprint density at radius 3 is 2.04 bits per heavy atom. The Hall–Kier alpha value is -1.12. The topological polar surface area (TPSA) is 40.6 Å². The summed E-state index contributed by atoms with van der Waals surface area (Å²) in [5.41, 5.74) is -0.844. The fourth-order valence-electron chi connectivity index (χ4n) is 3.84. The standard InChI is InChI=1S/C20H31F3N2O2S/c1-24(2)15-5-4-6-16-7-11-18(12-8-16)25(3)28(26,27)19-13-9-17(10-14-19)20(21,22)23/h9-10,13-14,16,18H,4-8,11-12,15H2,1-3H3/t16-,18-. The molecule has 1 aliphatic rings. The second-order valence-corrected chi connectivity index (χ2v) is 10.0. The van der Waals surface area contributed by atoms with Gasteiger partial charge in [0, 0.05) is 13.1 Å². The minimum absolute atomic E-state index is 0.0891. The first-order valence-corrected chi connectivity index (χ1v) is 11.3. The first-order valence-electron chi connectivity index (χ1n) is 9.82. The van der Waals surface area contributed by atoms with Crippen LogP contribution in [0.2, 0.25) is 0 Å². The van der Waals surface area contributed by atoms with E-state index in [0.717, 1.165) is 56.5 Å². The zero-order valence-corrected chi connectivity index (χ0v) is 17.7. The minimum Gasteiger partial charge on any atom is -0.309 e. The molecule has 28 heavy (non-hydrogen) atoms. The average Bonchev–Trinajstić information content (AvgIpc) is 2.64. The van der Waals surface area contributed by atoms with Crippen LogP contribution >= 0.6 is 0 Å². The molecule has 0 heterocycles. The molecule has 0 N–H and O–H groups in total. The highest BCUT2D eigenvalue weighted by Crippen LogP contribution is 2.34. The van der Waals surface area contributed by atoms with E-state index in [4.69, 9.17) is 0 Å². The summed E-state index contributed by atoms with van der Waals surface area (Å²) in [4.78, 5) is 2.09. The zero-order valence-electron chi connectivity index (χ0n) is 16.9. The highest BCUT2D eigenvalue weighted by Gasteiger charge is 2.33. The second-order valence-electron chi connectivity index (χ2n) is 8.02. The van der Waals surface area contributed by atoms with Crippen LogP contribution in [-0.2, 0) is 16.2 Å². The molecule has 4 nitrogen and oxygen atoms in total. The molecular formula is C20H31F3N2O2S. The molecule has 0 aromatic heterocycles. The molecule has 0 aliphatic heterocycles. The van der Waals surface area contributed by atoms with Crippen LogP contribution in [0.4, 0.5) is 13.2 Å². The normalized spacial score (nSPS) is 21.4. The van der Waals surface area contributed by atoms with Gasteiger partial charge in [-0.05, 0) is 82.9 Å². The van der Waals surface area contributed by atoms with Crippen LogP contribution in [0.1, 0.15) is 50.5 Å². The summed E-state index contributed by atoms with van der Waals surface area (Å²) in [6.45, 7) is 1.09. The van der Waals surface area contributed by atoms with Crippen LogP contribution in [0, 0.1) is 5.92 Å². The maximum Gasteiger partial charge on any atom is 0.416 e. The monoisotopic (exact) mass is 420 g/mol. The molecule has 160 valence electrons. The SMILES string of the molecule is CN(C)CCCC[C@H]1CC[C@H](N(C)S(=O)(=O)c2ccc(C(F)(F)F)cc2)CC1. The molecule has 1 fully saturated rings. The van der Waals surface area contributed by atoms with Gasteiger partial charge in [0.2, 0.25) is 10.0 Å². The van der Waals surface area contributed by atoms with Crippen LogP contribution in [0.15, 0.2) is 29.2 Å². The van der Waals surface area contributed by atoms with Crippen LogP contribution in [-0.4, -0.2) is 51.4 Å². The van der Waals surface area contributed by atoms with Crippen molar-refractivity contribution in [3.05, 3.63) is 29.8 Å². The van der Waals surface area contributed by atoms with E-state index >= 15 is 0 Å². The highest BCUT2D eigenvalue weighted by molar-refractivity contribution is 7.89. The van der Waals surface area contributed by atoms with E-state index in [1.807, 2.05) is 0 Å². The Morgan fingerprint density at radius 2 is 1.54 bits per heavy atom. The minimum atomic E-state index is -4.47. The molecule has 0 radical (unpaired) electrons. The first-order chi connectivity index (χ1) is 13.0. The third kappa shape index (κ3) is 6.19.